The van der Waals surface area contributed by atoms with Crippen LogP contribution in [0, 0.1) is 6.92 Å². The summed E-state index contributed by atoms with van der Waals surface area (Å²) in [4.78, 5) is 3.90. The van der Waals surface area contributed by atoms with Crippen molar-refractivity contribution in [3.05, 3.63) is 11.9 Å². The minimum absolute atomic E-state index is 0.469. The lowest BCUT2D eigenvalue weighted by Gasteiger charge is -1.97. The third kappa shape index (κ3) is 0.721. The van der Waals surface area contributed by atoms with Gasteiger partial charge in [0.1, 0.15) is 0 Å². The van der Waals surface area contributed by atoms with E-state index in [-0.39, 0.29) is 0 Å². The molecule has 0 bridgehead atoms. The van der Waals surface area contributed by atoms with Crippen molar-refractivity contribution in [1.82, 2.24) is 25.0 Å². The summed E-state index contributed by atoms with van der Waals surface area (Å²) in [6.07, 6.45) is 1.54. The molecule has 0 saturated heterocycles. The van der Waals surface area contributed by atoms with Gasteiger partial charge in [-0.3, -0.25) is 0 Å². The van der Waals surface area contributed by atoms with Crippen LogP contribution in [0.1, 0.15) is 5.69 Å². The Hall–Kier alpha value is -1.72. The van der Waals surface area contributed by atoms with Crippen LogP contribution >= 0.6 is 0 Å². The molecular formula is C5H6N6. The van der Waals surface area contributed by atoms with Crippen LogP contribution in [0.5, 0.6) is 0 Å². The van der Waals surface area contributed by atoms with Crippen molar-refractivity contribution in [1.29, 1.82) is 0 Å². The molecule has 6 nitrogen and oxygen atoms in total. The van der Waals surface area contributed by atoms with Gasteiger partial charge in [0.15, 0.2) is 0 Å². The van der Waals surface area contributed by atoms with Gasteiger partial charge >= 0.3 is 0 Å². The summed E-state index contributed by atoms with van der Waals surface area (Å²) in [6, 6.07) is 0. The summed E-state index contributed by atoms with van der Waals surface area (Å²) >= 11 is 0. The van der Waals surface area contributed by atoms with E-state index in [1.807, 2.05) is 6.92 Å². The molecule has 0 aliphatic carbocycles. The lowest BCUT2D eigenvalue weighted by molar-refractivity contribution is 0.802. The van der Waals surface area contributed by atoms with Crippen LogP contribution in [0.3, 0.4) is 0 Å². The summed E-state index contributed by atoms with van der Waals surface area (Å²) in [7, 11) is 0. The van der Waals surface area contributed by atoms with Crippen LogP contribution < -0.4 is 5.73 Å². The highest BCUT2D eigenvalue weighted by Gasteiger charge is 2.02. The summed E-state index contributed by atoms with van der Waals surface area (Å²) < 4.78 is 1.50. The van der Waals surface area contributed by atoms with Gasteiger partial charge in [-0.25, -0.2) is 4.98 Å². The Morgan fingerprint density at radius 1 is 1.55 bits per heavy atom. The molecule has 2 rings (SSSR count). The fourth-order valence-electron chi connectivity index (χ4n) is 0.823. The van der Waals surface area contributed by atoms with E-state index in [0.29, 0.717) is 11.5 Å². The van der Waals surface area contributed by atoms with Crippen molar-refractivity contribution in [3.8, 4) is 0 Å². The molecule has 11 heavy (non-hydrogen) atoms. The Morgan fingerprint density at radius 3 is 3.18 bits per heavy atom. The number of nitrogens with zero attached hydrogens (tertiary/aromatic N) is 5. The number of hydrogen-bond acceptors (Lipinski definition) is 5. The molecule has 0 aromatic carbocycles. The number of tetrazole rings is 1. The van der Waals surface area contributed by atoms with Crippen LogP contribution in [-0.2, 0) is 0 Å². The van der Waals surface area contributed by atoms with Crippen molar-refractivity contribution in [2.24, 2.45) is 0 Å². The third-order valence-electron chi connectivity index (χ3n) is 1.51. The fraction of sp³-hybridized carbons (Fsp3) is 0.200. The predicted octanol–water partition coefficient (Wildman–Crippen LogP) is -0.590. The zero-order valence-corrected chi connectivity index (χ0v) is 5.89. The zero-order valence-electron chi connectivity index (χ0n) is 5.89. The SMILES string of the molecule is Cc1c(N)cnc2nnnn12. The molecule has 6 heteroatoms. The number of fused-ring (bicyclic) bond motifs is 1. The van der Waals surface area contributed by atoms with Crippen LogP contribution in [0.2, 0.25) is 0 Å². The van der Waals surface area contributed by atoms with Gasteiger partial charge in [0, 0.05) is 0 Å². The first-order valence-electron chi connectivity index (χ1n) is 3.08. The number of aromatic nitrogens is 5. The highest BCUT2D eigenvalue weighted by molar-refractivity contribution is 5.44. The third-order valence-corrected chi connectivity index (χ3v) is 1.51. The lowest BCUT2D eigenvalue weighted by Crippen LogP contribution is -2.01. The first kappa shape index (κ1) is 6.02. The molecule has 0 aliphatic rings. The summed E-state index contributed by atoms with van der Waals surface area (Å²) in [5, 5.41) is 10.8. The van der Waals surface area contributed by atoms with E-state index < -0.39 is 0 Å². The fourth-order valence-corrected chi connectivity index (χ4v) is 0.823. The second kappa shape index (κ2) is 1.88. The maximum absolute atomic E-state index is 5.57. The molecule has 0 atom stereocenters. The maximum atomic E-state index is 5.57. The average molecular weight is 150 g/mol. The van der Waals surface area contributed by atoms with Crippen molar-refractivity contribution in [2.75, 3.05) is 5.73 Å². The molecule has 2 N–H and O–H groups in total. The van der Waals surface area contributed by atoms with Gasteiger partial charge in [0.25, 0.3) is 5.78 Å². The largest absolute Gasteiger partial charge is 0.396 e. The van der Waals surface area contributed by atoms with Gasteiger partial charge in [-0.1, -0.05) is 5.10 Å². The Kier molecular flexibility index (Phi) is 1.03. The number of hydrogen-bond donors (Lipinski definition) is 1. The molecule has 0 spiro atoms. The number of anilines is 1. The molecule has 2 aromatic rings. The van der Waals surface area contributed by atoms with E-state index in [0.717, 1.165) is 5.69 Å². The van der Waals surface area contributed by atoms with E-state index in [2.05, 4.69) is 20.5 Å². The van der Waals surface area contributed by atoms with Crippen LogP contribution in [0.4, 0.5) is 5.69 Å². The topological polar surface area (TPSA) is 82.0 Å². The van der Waals surface area contributed by atoms with Gasteiger partial charge in [-0.15, -0.1) is 0 Å². The standard InChI is InChI=1S/C5H6N6/c1-3-4(6)2-7-5-8-9-10-11(3)5/h2H,6H2,1H3. The maximum Gasteiger partial charge on any atom is 0.273 e. The van der Waals surface area contributed by atoms with Crippen molar-refractivity contribution in [2.45, 2.75) is 6.92 Å². The Morgan fingerprint density at radius 2 is 2.36 bits per heavy atom. The van der Waals surface area contributed by atoms with E-state index in [1.165, 1.54) is 4.52 Å². The van der Waals surface area contributed by atoms with Gasteiger partial charge in [0.2, 0.25) is 0 Å². The lowest BCUT2D eigenvalue weighted by atomic mass is 10.4. The van der Waals surface area contributed by atoms with E-state index >= 15 is 0 Å². The summed E-state index contributed by atoms with van der Waals surface area (Å²) in [5.74, 6) is 0.469. The molecular weight excluding hydrogens is 144 g/mol. The average Bonchev–Trinajstić information content (AvgIpc) is 2.45. The Bertz CT molecular complexity index is 391. The monoisotopic (exact) mass is 150 g/mol. The molecule has 2 aromatic heterocycles. The number of aryl methyl sites for hydroxylation is 1. The number of nitrogen functional groups attached to an aromatic ring is 1. The van der Waals surface area contributed by atoms with E-state index in [9.17, 15) is 0 Å². The second-order valence-electron chi connectivity index (χ2n) is 2.19. The van der Waals surface area contributed by atoms with Crippen LogP contribution in [0.15, 0.2) is 6.20 Å². The molecule has 2 heterocycles. The first-order valence-corrected chi connectivity index (χ1v) is 3.08. The molecule has 0 amide bonds. The van der Waals surface area contributed by atoms with Gasteiger partial charge < -0.3 is 5.73 Å². The normalized spacial score (nSPS) is 10.6. The molecule has 0 radical (unpaired) electrons. The molecule has 0 unspecified atom stereocenters. The molecule has 0 fully saturated rings. The second-order valence-corrected chi connectivity index (χ2v) is 2.19. The van der Waals surface area contributed by atoms with E-state index in [1.54, 1.807) is 6.20 Å². The molecule has 56 valence electrons. The Labute approximate surface area is 62.0 Å². The number of rotatable bonds is 0. The minimum Gasteiger partial charge on any atom is -0.396 e. The zero-order chi connectivity index (χ0) is 7.84. The summed E-state index contributed by atoms with van der Waals surface area (Å²) in [5.41, 5.74) is 6.96. The Balaban J connectivity index is 2.93. The van der Waals surface area contributed by atoms with Crippen LogP contribution in [0.25, 0.3) is 5.78 Å². The smallest absolute Gasteiger partial charge is 0.273 e. The van der Waals surface area contributed by atoms with Crippen LogP contribution in [-0.4, -0.2) is 25.0 Å². The molecule has 0 aliphatic heterocycles. The highest BCUT2D eigenvalue weighted by Crippen LogP contribution is 2.06. The number of nitrogens with two attached hydrogens (primary N) is 1. The van der Waals surface area contributed by atoms with Crippen molar-refractivity contribution >= 4 is 11.5 Å². The van der Waals surface area contributed by atoms with Gasteiger partial charge in [-0.05, 0) is 17.4 Å². The first-order chi connectivity index (χ1) is 5.29. The van der Waals surface area contributed by atoms with E-state index in [4.69, 9.17) is 5.73 Å². The van der Waals surface area contributed by atoms with Gasteiger partial charge in [0.05, 0.1) is 17.6 Å². The molecule has 0 saturated carbocycles. The highest BCUT2D eigenvalue weighted by atomic mass is 15.5. The van der Waals surface area contributed by atoms with Crippen molar-refractivity contribution in [3.63, 3.8) is 0 Å². The van der Waals surface area contributed by atoms with Gasteiger partial charge in [-0.2, -0.15) is 4.52 Å². The quantitative estimate of drug-likeness (QED) is 0.542. The minimum atomic E-state index is 0.469. The predicted molar refractivity (Wildman–Crippen MR) is 37.7 cm³/mol. The van der Waals surface area contributed by atoms with Crippen molar-refractivity contribution < 1.29 is 0 Å². The summed E-state index contributed by atoms with van der Waals surface area (Å²) in [6.45, 7) is 1.83.